The van der Waals surface area contributed by atoms with Crippen LogP contribution < -0.4 is 0 Å². The van der Waals surface area contributed by atoms with Gasteiger partial charge in [0.2, 0.25) is 0 Å². The molecule has 4 heteroatoms. The van der Waals surface area contributed by atoms with Crippen molar-refractivity contribution in [2.24, 2.45) is 5.92 Å². The minimum absolute atomic E-state index is 0.0547. The van der Waals surface area contributed by atoms with E-state index in [1.165, 1.54) is 0 Å². The van der Waals surface area contributed by atoms with Crippen molar-refractivity contribution in [3.63, 3.8) is 0 Å². The Kier molecular flexibility index (Phi) is 5.30. The lowest BCUT2D eigenvalue weighted by Gasteiger charge is -2.13. The van der Waals surface area contributed by atoms with E-state index in [0.29, 0.717) is 0 Å². The number of carbonyl (C=O) groups excluding carboxylic acids is 2. The summed E-state index contributed by atoms with van der Waals surface area (Å²) in [4.78, 5) is 23.2. The zero-order chi connectivity index (χ0) is 12.8. The molecule has 0 bridgehead atoms. The summed E-state index contributed by atoms with van der Waals surface area (Å²) in [5, 5.41) is 0. The molecule has 3 atom stereocenters. The average molecular weight is 252 g/mol. The molecule has 0 spiro atoms. The lowest BCUT2D eigenvalue weighted by Crippen LogP contribution is -2.18. The molecule has 0 saturated carbocycles. The quantitative estimate of drug-likeness (QED) is 0.757. The van der Waals surface area contributed by atoms with Gasteiger partial charge in [-0.05, 0) is 5.56 Å². The molecule has 0 aliphatic heterocycles. The minimum atomic E-state index is -0.397. The number of rotatable bonds is 5. The molecule has 1 rings (SSSR count). The Morgan fingerprint density at radius 3 is 2.35 bits per heavy atom. The number of hydrogen-bond acceptors (Lipinski definition) is 3. The highest BCUT2D eigenvalue weighted by atomic mass is 31.0. The number of Topliss-reactive ketones (excluding diaryl/α,β-unsaturated/α-hetero) is 1. The van der Waals surface area contributed by atoms with Gasteiger partial charge in [0.05, 0.1) is 15.4 Å². The molecule has 0 heterocycles. The van der Waals surface area contributed by atoms with E-state index < -0.39 is 5.92 Å². The first-order valence-electron chi connectivity index (χ1n) is 5.54. The SMILES string of the molecule is C[C@H](CC(=O)[C@@H](C)c1ccccc1)C(=O)OP. The summed E-state index contributed by atoms with van der Waals surface area (Å²) in [7, 11) is 1.91. The third-order valence-electron chi connectivity index (χ3n) is 2.81. The largest absolute Gasteiger partial charge is 0.451 e. The van der Waals surface area contributed by atoms with E-state index in [1.54, 1.807) is 6.92 Å². The molecular formula is C13H17O3P. The first-order valence-corrected chi connectivity index (χ1v) is 6.01. The summed E-state index contributed by atoms with van der Waals surface area (Å²) in [6.45, 7) is 3.55. The van der Waals surface area contributed by atoms with Gasteiger partial charge in [-0.1, -0.05) is 44.2 Å². The summed E-state index contributed by atoms with van der Waals surface area (Å²) in [5.41, 5.74) is 0.976. The van der Waals surface area contributed by atoms with Crippen LogP contribution >= 0.6 is 9.47 Å². The Morgan fingerprint density at radius 2 is 1.82 bits per heavy atom. The standard InChI is InChI=1S/C13H17O3P/c1-9(13(15)16-17)8-12(14)10(2)11-6-4-3-5-7-11/h3-7,9-10H,8,17H2,1-2H3/t9-,10+/m1/s1. The molecule has 0 aliphatic carbocycles. The summed E-state index contributed by atoms with van der Waals surface area (Å²) < 4.78 is 4.52. The van der Waals surface area contributed by atoms with Gasteiger partial charge in [0.25, 0.3) is 0 Å². The van der Waals surface area contributed by atoms with Gasteiger partial charge in [-0.3, -0.25) is 9.59 Å². The Bertz CT molecular complexity index is 389. The Balaban J connectivity index is 2.62. The monoisotopic (exact) mass is 252 g/mol. The fourth-order valence-corrected chi connectivity index (χ4v) is 1.84. The first kappa shape index (κ1) is 13.9. The van der Waals surface area contributed by atoms with Crippen molar-refractivity contribution in [1.29, 1.82) is 0 Å². The third-order valence-corrected chi connectivity index (χ3v) is 3.04. The second kappa shape index (κ2) is 6.51. The fourth-order valence-electron chi connectivity index (χ4n) is 1.61. The van der Waals surface area contributed by atoms with Crippen LogP contribution in [-0.2, 0) is 14.1 Å². The Labute approximate surface area is 104 Å². The van der Waals surface area contributed by atoms with E-state index in [-0.39, 0.29) is 24.1 Å². The van der Waals surface area contributed by atoms with Crippen molar-refractivity contribution in [2.75, 3.05) is 0 Å². The maximum Gasteiger partial charge on any atom is 0.311 e. The van der Waals surface area contributed by atoms with E-state index in [1.807, 2.05) is 46.7 Å². The predicted molar refractivity (Wildman–Crippen MR) is 69.4 cm³/mol. The van der Waals surface area contributed by atoms with Crippen LogP contribution in [0.2, 0.25) is 0 Å². The molecular weight excluding hydrogens is 235 g/mol. The smallest absolute Gasteiger partial charge is 0.311 e. The molecule has 0 N–H and O–H groups in total. The topological polar surface area (TPSA) is 43.4 Å². The lowest BCUT2D eigenvalue weighted by atomic mass is 9.91. The minimum Gasteiger partial charge on any atom is -0.451 e. The number of ketones is 1. The summed E-state index contributed by atoms with van der Waals surface area (Å²) in [6.07, 6.45) is 0.212. The predicted octanol–water partition coefficient (Wildman–Crippen LogP) is 2.72. The molecule has 92 valence electrons. The van der Waals surface area contributed by atoms with Gasteiger partial charge in [0.15, 0.2) is 0 Å². The maximum atomic E-state index is 12.0. The van der Waals surface area contributed by atoms with Gasteiger partial charge >= 0.3 is 5.97 Å². The molecule has 17 heavy (non-hydrogen) atoms. The summed E-state index contributed by atoms with van der Waals surface area (Å²) >= 11 is 0. The van der Waals surface area contributed by atoms with Crippen LogP contribution in [0.5, 0.6) is 0 Å². The van der Waals surface area contributed by atoms with Gasteiger partial charge in [0, 0.05) is 12.3 Å². The van der Waals surface area contributed by atoms with E-state index in [4.69, 9.17) is 0 Å². The summed E-state index contributed by atoms with van der Waals surface area (Å²) in [6, 6.07) is 9.55. The zero-order valence-electron chi connectivity index (χ0n) is 10.1. The van der Waals surface area contributed by atoms with Gasteiger partial charge in [0.1, 0.15) is 5.78 Å². The highest BCUT2D eigenvalue weighted by Gasteiger charge is 2.22. The molecule has 0 aliphatic rings. The number of carbonyl (C=O) groups is 2. The Hall–Kier alpha value is -1.21. The normalized spacial score (nSPS) is 13.8. The van der Waals surface area contributed by atoms with Crippen molar-refractivity contribution >= 4 is 21.2 Å². The van der Waals surface area contributed by atoms with Crippen LogP contribution in [0.4, 0.5) is 0 Å². The molecule has 1 aromatic carbocycles. The van der Waals surface area contributed by atoms with E-state index >= 15 is 0 Å². The van der Waals surface area contributed by atoms with E-state index in [0.717, 1.165) is 5.56 Å². The average Bonchev–Trinajstić information content (AvgIpc) is 2.37. The van der Waals surface area contributed by atoms with Gasteiger partial charge in [-0.25, -0.2) is 0 Å². The first-order chi connectivity index (χ1) is 8.06. The number of hydrogen-bond donors (Lipinski definition) is 0. The molecule has 0 amide bonds. The summed E-state index contributed by atoms with van der Waals surface area (Å²) in [5.74, 6) is -0.898. The maximum absolute atomic E-state index is 12.0. The molecule has 0 aromatic heterocycles. The van der Waals surface area contributed by atoms with Crippen LogP contribution in [0.1, 0.15) is 31.7 Å². The van der Waals surface area contributed by atoms with Crippen molar-refractivity contribution < 1.29 is 14.1 Å². The zero-order valence-corrected chi connectivity index (χ0v) is 11.2. The molecule has 0 fully saturated rings. The molecule has 0 radical (unpaired) electrons. The second-order valence-electron chi connectivity index (χ2n) is 4.14. The van der Waals surface area contributed by atoms with Gasteiger partial charge in [-0.2, -0.15) is 0 Å². The van der Waals surface area contributed by atoms with Crippen LogP contribution in [-0.4, -0.2) is 11.8 Å². The lowest BCUT2D eigenvalue weighted by molar-refractivity contribution is -0.139. The number of benzene rings is 1. The van der Waals surface area contributed by atoms with Gasteiger partial charge in [-0.15, -0.1) is 0 Å². The molecule has 1 unspecified atom stereocenters. The van der Waals surface area contributed by atoms with Crippen LogP contribution in [0, 0.1) is 5.92 Å². The second-order valence-corrected chi connectivity index (χ2v) is 4.38. The van der Waals surface area contributed by atoms with Crippen LogP contribution in [0.25, 0.3) is 0 Å². The molecule has 1 aromatic rings. The molecule has 3 nitrogen and oxygen atoms in total. The van der Waals surface area contributed by atoms with Crippen molar-refractivity contribution in [2.45, 2.75) is 26.2 Å². The molecule has 0 saturated heterocycles. The Morgan fingerprint density at radius 1 is 1.24 bits per heavy atom. The van der Waals surface area contributed by atoms with Crippen molar-refractivity contribution in [3.05, 3.63) is 35.9 Å². The van der Waals surface area contributed by atoms with Crippen LogP contribution in [0.15, 0.2) is 30.3 Å². The fraction of sp³-hybridized carbons (Fsp3) is 0.385. The van der Waals surface area contributed by atoms with E-state index in [2.05, 4.69) is 4.52 Å². The van der Waals surface area contributed by atoms with Crippen LogP contribution in [0.3, 0.4) is 0 Å². The van der Waals surface area contributed by atoms with E-state index in [9.17, 15) is 9.59 Å². The third kappa shape index (κ3) is 3.94. The highest BCUT2D eigenvalue weighted by molar-refractivity contribution is 7.10. The van der Waals surface area contributed by atoms with Gasteiger partial charge < -0.3 is 4.52 Å². The highest BCUT2D eigenvalue weighted by Crippen LogP contribution is 2.20. The van der Waals surface area contributed by atoms with Crippen molar-refractivity contribution in [1.82, 2.24) is 0 Å². The van der Waals surface area contributed by atoms with Crippen molar-refractivity contribution in [3.8, 4) is 0 Å².